The molecule has 1 aliphatic heterocycles. The molecular weight excluding hydrogens is 336 g/mol. The first-order chi connectivity index (χ1) is 12.6. The Labute approximate surface area is 149 Å². The molecule has 0 bridgehead atoms. The molecule has 0 atom stereocenters. The number of hydrogen-bond acceptors (Lipinski definition) is 7. The highest BCUT2D eigenvalue weighted by Gasteiger charge is 2.23. The molecule has 4 rings (SSSR count). The van der Waals surface area contributed by atoms with Crippen molar-refractivity contribution in [2.24, 2.45) is 0 Å². The third-order valence-electron chi connectivity index (χ3n) is 4.28. The van der Waals surface area contributed by atoms with Crippen LogP contribution in [0.3, 0.4) is 0 Å². The van der Waals surface area contributed by atoms with Crippen molar-refractivity contribution in [1.29, 1.82) is 0 Å². The molecule has 0 unspecified atom stereocenters. The van der Waals surface area contributed by atoms with Crippen LogP contribution in [0.1, 0.15) is 21.9 Å². The van der Waals surface area contributed by atoms with Gasteiger partial charge in [-0.1, -0.05) is 5.16 Å². The Morgan fingerprint density at radius 3 is 2.77 bits per heavy atom. The van der Waals surface area contributed by atoms with Gasteiger partial charge in [-0.05, 0) is 26.0 Å². The summed E-state index contributed by atoms with van der Waals surface area (Å²) in [6.07, 6.45) is 3.23. The molecule has 9 nitrogen and oxygen atoms in total. The van der Waals surface area contributed by atoms with Crippen molar-refractivity contribution < 1.29 is 14.1 Å². The van der Waals surface area contributed by atoms with Crippen LogP contribution >= 0.6 is 0 Å². The van der Waals surface area contributed by atoms with Crippen LogP contribution in [-0.4, -0.2) is 62.0 Å². The molecule has 134 valence electrons. The first-order valence-corrected chi connectivity index (χ1v) is 8.32. The van der Waals surface area contributed by atoms with E-state index in [0.717, 1.165) is 11.3 Å². The van der Waals surface area contributed by atoms with Crippen molar-refractivity contribution in [2.45, 2.75) is 13.8 Å². The van der Waals surface area contributed by atoms with Gasteiger partial charge in [0.1, 0.15) is 0 Å². The van der Waals surface area contributed by atoms with E-state index in [4.69, 9.17) is 9.26 Å². The van der Waals surface area contributed by atoms with E-state index in [1.54, 1.807) is 41.0 Å². The molecule has 3 aromatic rings. The number of carbonyl (C=O) groups is 1. The van der Waals surface area contributed by atoms with Gasteiger partial charge in [0.05, 0.1) is 30.7 Å². The van der Waals surface area contributed by atoms with Gasteiger partial charge in [0, 0.05) is 24.8 Å². The first-order valence-electron chi connectivity index (χ1n) is 8.32. The lowest BCUT2D eigenvalue weighted by molar-refractivity contribution is 0.0302. The summed E-state index contributed by atoms with van der Waals surface area (Å²) in [5, 5.41) is 8.15. The molecule has 4 heterocycles. The minimum atomic E-state index is -0.0410. The fourth-order valence-electron chi connectivity index (χ4n) is 2.87. The van der Waals surface area contributed by atoms with Crippen LogP contribution in [0.4, 0.5) is 0 Å². The van der Waals surface area contributed by atoms with E-state index in [-0.39, 0.29) is 5.91 Å². The van der Waals surface area contributed by atoms with E-state index in [1.165, 1.54) is 0 Å². The summed E-state index contributed by atoms with van der Waals surface area (Å²) < 4.78 is 12.1. The van der Waals surface area contributed by atoms with E-state index in [1.807, 2.05) is 6.92 Å². The smallest absolute Gasteiger partial charge is 0.258 e. The van der Waals surface area contributed by atoms with Crippen LogP contribution in [0.2, 0.25) is 0 Å². The zero-order valence-corrected chi connectivity index (χ0v) is 14.5. The SMILES string of the molecule is Cc1noc(-c2ccnc(-n3ncc(C(=O)N4CCOCC4)c3C)c2)n1. The fourth-order valence-corrected chi connectivity index (χ4v) is 2.87. The largest absolute Gasteiger partial charge is 0.378 e. The van der Waals surface area contributed by atoms with Crippen LogP contribution in [0, 0.1) is 13.8 Å². The van der Waals surface area contributed by atoms with Crippen LogP contribution in [0.15, 0.2) is 29.0 Å². The summed E-state index contributed by atoms with van der Waals surface area (Å²) in [6, 6.07) is 3.59. The Bertz CT molecular complexity index is 942. The number of nitrogens with zero attached hydrogens (tertiary/aromatic N) is 6. The van der Waals surface area contributed by atoms with E-state index < -0.39 is 0 Å². The van der Waals surface area contributed by atoms with Gasteiger partial charge in [-0.25, -0.2) is 9.67 Å². The van der Waals surface area contributed by atoms with E-state index >= 15 is 0 Å². The molecule has 0 aliphatic carbocycles. The second-order valence-corrected chi connectivity index (χ2v) is 6.01. The molecule has 3 aromatic heterocycles. The van der Waals surface area contributed by atoms with Crippen molar-refractivity contribution in [2.75, 3.05) is 26.3 Å². The molecular formula is C17H18N6O3. The average Bonchev–Trinajstić information content (AvgIpc) is 3.28. The summed E-state index contributed by atoms with van der Waals surface area (Å²) in [7, 11) is 0. The molecule has 1 amide bonds. The highest BCUT2D eigenvalue weighted by Crippen LogP contribution is 2.21. The van der Waals surface area contributed by atoms with Crippen LogP contribution in [0.25, 0.3) is 17.3 Å². The van der Waals surface area contributed by atoms with Crippen molar-refractivity contribution in [1.82, 2.24) is 29.8 Å². The molecule has 0 aromatic carbocycles. The topological polar surface area (TPSA) is 99.2 Å². The number of pyridine rings is 1. The highest BCUT2D eigenvalue weighted by atomic mass is 16.5. The zero-order chi connectivity index (χ0) is 18.1. The predicted octanol–water partition coefficient (Wildman–Crippen LogP) is 1.41. The number of ether oxygens (including phenoxy) is 1. The number of aryl methyl sites for hydroxylation is 1. The first kappa shape index (κ1) is 16.4. The Morgan fingerprint density at radius 2 is 2.04 bits per heavy atom. The number of rotatable bonds is 3. The van der Waals surface area contributed by atoms with E-state index in [0.29, 0.717) is 49.4 Å². The molecule has 0 saturated carbocycles. The number of carbonyl (C=O) groups excluding carboxylic acids is 1. The molecule has 0 N–H and O–H groups in total. The quantitative estimate of drug-likeness (QED) is 0.701. The average molecular weight is 354 g/mol. The minimum absolute atomic E-state index is 0.0410. The summed E-state index contributed by atoms with van der Waals surface area (Å²) in [4.78, 5) is 23.1. The van der Waals surface area contributed by atoms with Gasteiger partial charge in [0.15, 0.2) is 11.6 Å². The van der Waals surface area contributed by atoms with Gasteiger partial charge in [-0.15, -0.1) is 0 Å². The third-order valence-corrected chi connectivity index (χ3v) is 4.28. The van der Waals surface area contributed by atoms with Gasteiger partial charge >= 0.3 is 0 Å². The summed E-state index contributed by atoms with van der Waals surface area (Å²) >= 11 is 0. The van der Waals surface area contributed by atoms with Crippen LogP contribution < -0.4 is 0 Å². The Hall–Kier alpha value is -3.07. The lowest BCUT2D eigenvalue weighted by atomic mass is 10.2. The number of hydrogen-bond donors (Lipinski definition) is 0. The van der Waals surface area contributed by atoms with Gasteiger partial charge in [0.25, 0.3) is 11.8 Å². The van der Waals surface area contributed by atoms with Crippen molar-refractivity contribution in [3.05, 3.63) is 41.6 Å². The number of morpholine rings is 1. The summed E-state index contributed by atoms with van der Waals surface area (Å²) in [6.45, 7) is 5.92. The van der Waals surface area contributed by atoms with Crippen LogP contribution in [0.5, 0.6) is 0 Å². The normalized spacial score (nSPS) is 14.6. The van der Waals surface area contributed by atoms with Gasteiger partial charge < -0.3 is 14.2 Å². The zero-order valence-electron chi connectivity index (χ0n) is 14.5. The molecule has 1 aliphatic rings. The molecule has 0 radical (unpaired) electrons. The Balaban J connectivity index is 1.65. The van der Waals surface area contributed by atoms with Gasteiger partial charge in [-0.2, -0.15) is 10.1 Å². The van der Waals surface area contributed by atoms with E-state index in [9.17, 15) is 4.79 Å². The summed E-state index contributed by atoms with van der Waals surface area (Å²) in [5.74, 6) is 1.52. The van der Waals surface area contributed by atoms with Crippen molar-refractivity contribution in [3.8, 4) is 17.3 Å². The number of aromatic nitrogens is 5. The monoisotopic (exact) mass is 354 g/mol. The number of amides is 1. The standard InChI is InChI=1S/C17H18N6O3/c1-11-14(17(24)22-5-7-25-8-6-22)10-19-23(11)15-9-13(3-4-18-15)16-20-12(2)21-26-16/h3-4,9-10H,5-8H2,1-2H3. The second kappa shape index (κ2) is 6.68. The maximum Gasteiger partial charge on any atom is 0.258 e. The van der Waals surface area contributed by atoms with E-state index in [2.05, 4.69) is 20.2 Å². The lowest BCUT2D eigenvalue weighted by Gasteiger charge is -2.26. The third kappa shape index (κ3) is 2.97. The molecule has 1 saturated heterocycles. The van der Waals surface area contributed by atoms with Gasteiger partial charge in [0.2, 0.25) is 0 Å². The van der Waals surface area contributed by atoms with Crippen molar-refractivity contribution >= 4 is 5.91 Å². The van der Waals surface area contributed by atoms with Gasteiger partial charge in [-0.3, -0.25) is 4.79 Å². The fraction of sp³-hybridized carbons (Fsp3) is 0.353. The Kier molecular flexibility index (Phi) is 4.21. The maximum atomic E-state index is 12.7. The maximum absolute atomic E-state index is 12.7. The second-order valence-electron chi connectivity index (χ2n) is 6.01. The molecule has 0 spiro atoms. The molecule has 26 heavy (non-hydrogen) atoms. The Morgan fingerprint density at radius 1 is 1.23 bits per heavy atom. The highest BCUT2D eigenvalue weighted by molar-refractivity contribution is 5.95. The minimum Gasteiger partial charge on any atom is -0.378 e. The summed E-state index contributed by atoms with van der Waals surface area (Å²) in [5.41, 5.74) is 2.03. The van der Waals surface area contributed by atoms with Crippen molar-refractivity contribution in [3.63, 3.8) is 0 Å². The molecule has 1 fully saturated rings. The predicted molar refractivity (Wildman–Crippen MR) is 90.8 cm³/mol. The molecule has 9 heteroatoms. The van der Waals surface area contributed by atoms with Crippen LogP contribution in [-0.2, 0) is 4.74 Å². The lowest BCUT2D eigenvalue weighted by Crippen LogP contribution is -2.40.